The van der Waals surface area contributed by atoms with Crippen LogP contribution in [0.5, 0.6) is 5.75 Å². The summed E-state index contributed by atoms with van der Waals surface area (Å²) in [4.78, 5) is 19.5. The number of nitrogens with one attached hydrogen (secondary N) is 1. The molecule has 1 aliphatic rings. The minimum Gasteiger partial charge on any atom is -0.492 e. The third-order valence-electron chi connectivity index (χ3n) is 4.75. The molecule has 2 aromatic carbocycles. The zero-order valence-electron chi connectivity index (χ0n) is 15.4. The van der Waals surface area contributed by atoms with E-state index < -0.39 is 0 Å². The molecule has 0 saturated carbocycles. The number of amides is 1. The molecule has 0 unspecified atom stereocenters. The number of fused-ring (bicyclic) bond motifs is 1. The first-order valence-corrected chi connectivity index (χ1v) is 10.2. The lowest BCUT2D eigenvalue weighted by molar-refractivity contribution is 0.102. The summed E-state index contributed by atoms with van der Waals surface area (Å²) in [6.07, 6.45) is 3.79. The van der Waals surface area contributed by atoms with Crippen LogP contribution >= 0.6 is 11.3 Å². The Kier molecular flexibility index (Phi) is 5.25. The van der Waals surface area contributed by atoms with Crippen LogP contribution in [0.25, 0.3) is 10.2 Å². The number of nitrogens with zero attached hydrogens (tertiary/aromatic N) is 2. The van der Waals surface area contributed by atoms with Crippen LogP contribution in [-0.2, 0) is 0 Å². The highest BCUT2D eigenvalue weighted by Gasteiger charge is 2.14. The molecule has 1 aromatic heterocycles. The summed E-state index contributed by atoms with van der Waals surface area (Å²) in [7, 11) is 0. The average Bonchev–Trinajstić information content (AvgIpc) is 3.12. The Bertz CT molecular complexity index is 930. The number of anilines is 2. The molecule has 1 N–H and O–H groups in total. The molecule has 2 heterocycles. The molecule has 1 aliphatic heterocycles. The second-order valence-corrected chi connectivity index (χ2v) is 7.63. The third-order valence-corrected chi connectivity index (χ3v) is 5.69. The molecular formula is C21H23N3O2S. The largest absolute Gasteiger partial charge is 0.492 e. The molecule has 3 aromatic rings. The lowest BCUT2D eigenvalue weighted by Gasteiger charge is -2.28. The van der Waals surface area contributed by atoms with Crippen molar-refractivity contribution in [1.29, 1.82) is 0 Å². The molecule has 5 nitrogen and oxygen atoms in total. The highest BCUT2D eigenvalue weighted by Crippen LogP contribution is 2.32. The number of hydrogen-bond donors (Lipinski definition) is 1. The normalized spacial score (nSPS) is 14.3. The zero-order valence-corrected chi connectivity index (χ0v) is 16.2. The van der Waals surface area contributed by atoms with Gasteiger partial charge < -0.3 is 9.64 Å². The molecule has 27 heavy (non-hydrogen) atoms. The van der Waals surface area contributed by atoms with E-state index in [9.17, 15) is 4.79 Å². The van der Waals surface area contributed by atoms with Crippen LogP contribution in [0.15, 0.2) is 42.5 Å². The number of carbonyl (C=O) groups excluding carboxylic acids is 1. The van der Waals surface area contributed by atoms with Crippen LogP contribution < -0.4 is 15.0 Å². The fourth-order valence-electron chi connectivity index (χ4n) is 3.39. The van der Waals surface area contributed by atoms with E-state index in [4.69, 9.17) is 4.74 Å². The van der Waals surface area contributed by atoms with Gasteiger partial charge in [0.05, 0.1) is 11.3 Å². The maximum Gasteiger partial charge on any atom is 0.257 e. The molecule has 1 amide bonds. The predicted octanol–water partition coefficient (Wildman–Crippen LogP) is 4.94. The number of benzene rings is 2. The Morgan fingerprint density at radius 3 is 2.67 bits per heavy atom. The van der Waals surface area contributed by atoms with Gasteiger partial charge >= 0.3 is 0 Å². The topological polar surface area (TPSA) is 54.5 Å². The number of hydrogen-bond acceptors (Lipinski definition) is 5. The van der Waals surface area contributed by atoms with Crippen molar-refractivity contribution in [3.8, 4) is 5.75 Å². The number of carbonyl (C=O) groups is 1. The van der Waals surface area contributed by atoms with Gasteiger partial charge in [0, 0.05) is 24.3 Å². The summed E-state index contributed by atoms with van der Waals surface area (Å²) in [5.74, 6) is 0.606. The standard InChI is InChI=1S/C21H23N3O2S/c1-2-26-17-7-6-8-18-19(17)22-21(27-18)23-20(25)15-9-11-16(12-10-15)24-13-4-3-5-14-24/h6-12H,2-5,13-14H2,1H3,(H,22,23,25). The molecule has 0 radical (unpaired) electrons. The van der Waals surface area contributed by atoms with Crippen molar-refractivity contribution in [3.05, 3.63) is 48.0 Å². The monoisotopic (exact) mass is 381 g/mol. The zero-order chi connectivity index (χ0) is 18.6. The van der Waals surface area contributed by atoms with Crippen LogP contribution in [0, 0.1) is 0 Å². The summed E-state index contributed by atoms with van der Waals surface area (Å²) in [6, 6.07) is 13.7. The molecule has 1 fully saturated rings. The van der Waals surface area contributed by atoms with Gasteiger partial charge in [-0.2, -0.15) is 0 Å². The molecule has 140 valence electrons. The minimum atomic E-state index is -0.141. The SMILES string of the molecule is CCOc1cccc2sc(NC(=O)c3ccc(N4CCCCC4)cc3)nc12. The maximum atomic E-state index is 12.6. The van der Waals surface area contributed by atoms with E-state index in [-0.39, 0.29) is 5.91 Å². The van der Waals surface area contributed by atoms with Crippen molar-refractivity contribution in [1.82, 2.24) is 4.98 Å². The Balaban J connectivity index is 1.48. The van der Waals surface area contributed by atoms with Gasteiger partial charge in [-0.1, -0.05) is 17.4 Å². The molecule has 0 aliphatic carbocycles. The lowest BCUT2D eigenvalue weighted by atomic mass is 10.1. The predicted molar refractivity (Wildman–Crippen MR) is 111 cm³/mol. The molecule has 6 heteroatoms. The smallest absolute Gasteiger partial charge is 0.257 e. The van der Waals surface area contributed by atoms with Crippen molar-refractivity contribution in [2.45, 2.75) is 26.2 Å². The molecular weight excluding hydrogens is 358 g/mol. The number of piperidine rings is 1. The van der Waals surface area contributed by atoms with E-state index in [1.165, 1.54) is 36.3 Å². The van der Waals surface area contributed by atoms with Gasteiger partial charge in [0.25, 0.3) is 5.91 Å². The van der Waals surface area contributed by atoms with E-state index in [0.29, 0.717) is 17.3 Å². The second-order valence-electron chi connectivity index (χ2n) is 6.60. The first-order chi connectivity index (χ1) is 13.2. The molecule has 0 bridgehead atoms. The summed E-state index contributed by atoms with van der Waals surface area (Å²) in [6.45, 7) is 4.72. The van der Waals surface area contributed by atoms with Crippen molar-refractivity contribution in [3.63, 3.8) is 0 Å². The maximum absolute atomic E-state index is 12.6. The number of rotatable bonds is 5. The van der Waals surface area contributed by atoms with E-state index in [0.717, 1.165) is 29.1 Å². The summed E-state index contributed by atoms with van der Waals surface area (Å²) in [5.41, 5.74) is 2.62. The third kappa shape index (κ3) is 3.90. The fraction of sp³-hybridized carbons (Fsp3) is 0.333. The van der Waals surface area contributed by atoms with Gasteiger partial charge in [-0.3, -0.25) is 10.1 Å². The lowest BCUT2D eigenvalue weighted by Crippen LogP contribution is -2.29. The van der Waals surface area contributed by atoms with Gasteiger partial charge in [-0.25, -0.2) is 4.98 Å². The summed E-state index contributed by atoms with van der Waals surface area (Å²) in [5, 5.41) is 3.50. The van der Waals surface area contributed by atoms with Crippen LogP contribution in [0.3, 0.4) is 0 Å². The first-order valence-electron chi connectivity index (χ1n) is 9.43. The van der Waals surface area contributed by atoms with Gasteiger partial charge in [-0.05, 0) is 62.6 Å². The van der Waals surface area contributed by atoms with Crippen LogP contribution in [0.4, 0.5) is 10.8 Å². The van der Waals surface area contributed by atoms with Gasteiger partial charge in [0.2, 0.25) is 0 Å². The minimum absolute atomic E-state index is 0.141. The molecule has 4 rings (SSSR count). The summed E-state index contributed by atoms with van der Waals surface area (Å²) >= 11 is 1.45. The number of aromatic nitrogens is 1. The van der Waals surface area contributed by atoms with E-state index >= 15 is 0 Å². The van der Waals surface area contributed by atoms with Crippen LogP contribution in [0.1, 0.15) is 36.5 Å². The molecule has 0 spiro atoms. The average molecular weight is 382 g/mol. The Morgan fingerprint density at radius 1 is 1.15 bits per heavy atom. The van der Waals surface area contributed by atoms with Crippen molar-refractivity contribution in [2.24, 2.45) is 0 Å². The van der Waals surface area contributed by atoms with E-state index in [1.54, 1.807) is 0 Å². The Morgan fingerprint density at radius 2 is 1.93 bits per heavy atom. The van der Waals surface area contributed by atoms with Crippen molar-refractivity contribution in [2.75, 3.05) is 29.9 Å². The van der Waals surface area contributed by atoms with Gasteiger partial charge in [0.1, 0.15) is 11.3 Å². The fourth-order valence-corrected chi connectivity index (χ4v) is 4.27. The Labute approximate surface area is 163 Å². The van der Waals surface area contributed by atoms with Crippen LogP contribution in [0.2, 0.25) is 0 Å². The van der Waals surface area contributed by atoms with Gasteiger partial charge in [0.15, 0.2) is 5.13 Å². The highest BCUT2D eigenvalue weighted by molar-refractivity contribution is 7.22. The highest BCUT2D eigenvalue weighted by atomic mass is 32.1. The van der Waals surface area contributed by atoms with Gasteiger partial charge in [-0.15, -0.1) is 0 Å². The molecule has 0 atom stereocenters. The first kappa shape index (κ1) is 17.8. The molecule has 1 saturated heterocycles. The van der Waals surface area contributed by atoms with Crippen molar-refractivity contribution >= 4 is 38.3 Å². The number of para-hydroxylation sites is 1. The van der Waals surface area contributed by atoms with Crippen LogP contribution in [-0.4, -0.2) is 30.6 Å². The van der Waals surface area contributed by atoms with Crippen molar-refractivity contribution < 1.29 is 9.53 Å². The summed E-state index contributed by atoms with van der Waals surface area (Å²) < 4.78 is 6.62. The quantitative estimate of drug-likeness (QED) is 0.680. The van der Waals surface area contributed by atoms with E-state index in [2.05, 4.69) is 15.2 Å². The second kappa shape index (κ2) is 7.96. The number of ether oxygens (including phenoxy) is 1. The Hall–Kier alpha value is -2.60. The number of thiazole rings is 1. The van der Waals surface area contributed by atoms with E-state index in [1.807, 2.05) is 49.4 Å².